The number of aryl methyl sites for hydroxylation is 4. The third kappa shape index (κ3) is 7.36. The molecule has 0 fully saturated rings. The number of fused-ring (bicyclic) bond motifs is 12. The predicted molar refractivity (Wildman–Crippen MR) is 265 cm³/mol. The van der Waals surface area contributed by atoms with Crippen LogP contribution >= 0.6 is 0 Å². The summed E-state index contributed by atoms with van der Waals surface area (Å²) in [6.07, 6.45) is 1.83. The molecule has 0 amide bonds. The SMILES string of the molecule is Cn1c2ccccc2c2ccccc21.Cn1c2ccccc2c2cccnc21.[B][B]c1ccc2c(c1)-c1cc(C)ccc1S2(=O)=O.[B][B]c1ccc2c(c1)-c1cc(C)ccc1S2(=O)=O. The monoisotopic (exact) mass is 865 g/mol. The van der Waals surface area contributed by atoms with Crippen LogP contribution in [0.15, 0.2) is 184 Å². The first-order valence-corrected chi connectivity index (χ1v) is 23.6. The van der Waals surface area contributed by atoms with E-state index in [2.05, 4.69) is 107 Å². The number of para-hydroxylation sites is 3. The van der Waals surface area contributed by atoms with E-state index in [-0.39, 0.29) is 0 Å². The van der Waals surface area contributed by atoms with Crippen LogP contribution in [0.2, 0.25) is 0 Å². The summed E-state index contributed by atoms with van der Waals surface area (Å²) in [4.78, 5) is 5.89. The van der Waals surface area contributed by atoms with Crippen molar-refractivity contribution < 1.29 is 16.8 Å². The van der Waals surface area contributed by atoms with E-state index in [0.29, 0.717) is 19.6 Å². The van der Waals surface area contributed by atoms with E-state index in [4.69, 9.17) is 15.5 Å². The Kier molecular flexibility index (Phi) is 11.3. The molecule has 5 heterocycles. The molecule has 0 saturated heterocycles. The van der Waals surface area contributed by atoms with Crippen molar-refractivity contribution in [3.8, 4) is 22.3 Å². The molecule has 0 unspecified atom stereocenters. The summed E-state index contributed by atoms with van der Waals surface area (Å²) in [7, 11) is 11.4. The number of nitrogens with zero attached hydrogens (tertiary/aromatic N) is 3. The molecular weight excluding hydrogens is 826 g/mol. The minimum Gasteiger partial charge on any atom is -0.344 e. The number of hydrogen-bond acceptors (Lipinski definition) is 5. The maximum atomic E-state index is 12.3. The molecule has 0 bridgehead atoms. The summed E-state index contributed by atoms with van der Waals surface area (Å²) >= 11 is 0. The second kappa shape index (κ2) is 16.9. The van der Waals surface area contributed by atoms with E-state index in [1.165, 1.54) is 52.4 Å². The Labute approximate surface area is 377 Å². The smallest absolute Gasteiger partial charge is 0.207 e. The van der Waals surface area contributed by atoms with E-state index in [1.807, 2.05) is 62.5 Å². The largest absolute Gasteiger partial charge is 0.344 e. The number of rotatable bonds is 2. The number of benzene rings is 7. The van der Waals surface area contributed by atoms with Gasteiger partial charge in [-0.3, -0.25) is 0 Å². The Hall–Kier alpha value is -6.55. The van der Waals surface area contributed by atoms with Gasteiger partial charge in [-0.1, -0.05) is 125 Å². The van der Waals surface area contributed by atoms with Crippen LogP contribution in [0.4, 0.5) is 0 Å². The lowest BCUT2D eigenvalue weighted by molar-refractivity contribution is 0.597. The van der Waals surface area contributed by atoms with Crippen molar-refractivity contribution in [1.82, 2.24) is 14.1 Å². The van der Waals surface area contributed by atoms with E-state index < -0.39 is 19.7 Å². The second-order valence-electron chi connectivity index (χ2n) is 15.9. The third-order valence-corrected chi connectivity index (χ3v) is 15.6. The molecular formula is C51H39B4N3O4S2. The summed E-state index contributed by atoms with van der Waals surface area (Å²) in [5.41, 5.74) is 11.6. The van der Waals surface area contributed by atoms with Crippen molar-refractivity contribution in [2.24, 2.45) is 14.1 Å². The first kappa shape index (κ1) is 42.7. The standard InChI is InChI=1S/2C13H9B2O2S.C13H11N.C12H10N2/c2*1-8-2-4-12-10(6-8)11-7-9(15-14)3-5-13(11)18(12,16)17;1-14-12-8-4-2-6-10(12)11-7-3-5-9-13(11)14;1-14-11-7-3-2-5-9(11)10-6-4-8-13-12(10)14/h2*2-7H,1H3;2-9H,1H3;2-8H,1H3. The van der Waals surface area contributed by atoms with Crippen molar-refractivity contribution in [3.05, 3.63) is 175 Å². The molecule has 0 saturated carbocycles. The average molecular weight is 865 g/mol. The number of sulfone groups is 2. The molecule has 306 valence electrons. The fraction of sp³-hybridized carbons (Fsp3) is 0.0784. The van der Waals surface area contributed by atoms with Gasteiger partial charge in [-0.05, 0) is 68.4 Å². The van der Waals surface area contributed by atoms with E-state index >= 15 is 0 Å². The Bertz CT molecular complexity index is 3350. The predicted octanol–water partition coefficient (Wildman–Crippen LogP) is 8.50. The zero-order valence-electron chi connectivity index (χ0n) is 35.7. The van der Waals surface area contributed by atoms with Crippen LogP contribution in [-0.4, -0.2) is 60.8 Å². The van der Waals surface area contributed by atoms with Gasteiger partial charge in [0.25, 0.3) is 0 Å². The van der Waals surface area contributed by atoms with Crippen molar-refractivity contribution in [2.45, 2.75) is 33.4 Å². The molecule has 0 atom stereocenters. The molecule has 3 aromatic heterocycles. The fourth-order valence-electron chi connectivity index (χ4n) is 8.71. The summed E-state index contributed by atoms with van der Waals surface area (Å²) in [6, 6.07) is 50.6. The Balaban J connectivity index is 0.000000109. The lowest BCUT2D eigenvalue weighted by Crippen LogP contribution is -2.14. The van der Waals surface area contributed by atoms with Crippen molar-refractivity contribution in [1.29, 1.82) is 0 Å². The lowest BCUT2D eigenvalue weighted by atomic mass is 9.51. The van der Waals surface area contributed by atoms with Crippen molar-refractivity contribution >= 4 is 104 Å². The van der Waals surface area contributed by atoms with Gasteiger partial charge in [-0.15, -0.1) is 0 Å². The van der Waals surface area contributed by atoms with Gasteiger partial charge in [-0.2, -0.15) is 0 Å². The maximum absolute atomic E-state index is 12.3. The van der Waals surface area contributed by atoms with Crippen LogP contribution in [0.3, 0.4) is 0 Å². The topological polar surface area (TPSA) is 91.0 Å². The molecule has 7 aromatic carbocycles. The minimum absolute atomic E-state index is 0.369. The Morgan fingerprint density at radius 1 is 0.438 bits per heavy atom. The molecule has 0 aliphatic carbocycles. The van der Waals surface area contributed by atoms with Crippen LogP contribution in [0.5, 0.6) is 0 Å². The van der Waals surface area contributed by atoms with Crippen molar-refractivity contribution in [2.75, 3.05) is 0 Å². The van der Waals surface area contributed by atoms with Gasteiger partial charge >= 0.3 is 0 Å². The molecule has 64 heavy (non-hydrogen) atoms. The Morgan fingerprint density at radius 3 is 1.23 bits per heavy atom. The van der Waals surface area contributed by atoms with Gasteiger partial charge in [0.2, 0.25) is 19.7 Å². The van der Waals surface area contributed by atoms with E-state index in [0.717, 1.165) is 50.0 Å². The van der Waals surface area contributed by atoms with Crippen LogP contribution in [0.25, 0.3) is 66.0 Å². The molecule has 2 aliphatic heterocycles. The summed E-state index contributed by atoms with van der Waals surface area (Å²) < 4.78 is 53.8. The van der Waals surface area contributed by atoms with Gasteiger partial charge < -0.3 is 9.13 Å². The molecule has 10 aromatic rings. The second-order valence-corrected chi connectivity index (χ2v) is 19.7. The number of pyridine rings is 1. The van der Waals surface area contributed by atoms with Crippen LogP contribution in [0.1, 0.15) is 11.1 Å². The molecule has 0 N–H and O–H groups in total. The molecule has 6 radical (unpaired) electrons. The minimum atomic E-state index is -3.36. The van der Waals surface area contributed by atoms with Crippen molar-refractivity contribution in [3.63, 3.8) is 0 Å². The summed E-state index contributed by atoms with van der Waals surface area (Å²) in [6.45, 7) is 3.90. The van der Waals surface area contributed by atoms with Crippen LogP contribution in [0, 0.1) is 13.8 Å². The third-order valence-electron chi connectivity index (χ3n) is 11.9. The first-order chi connectivity index (χ1) is 30.8. The number of aromatic nitrogens is 3. The van der Waals surface area contributed by atoms with Crippen LogP contribution in [-0.2, 0) is 33.8 Å². The lowest BCUT2D eigenvalue weighted by Gasteiger charge is -2.02. The van der Waals surface area contributed by atoms with E-state index in [9.17, 15) is 16.8 Å². The highest BCUT2D eigenvalue weighted by Crippen LogP contribution is 2.44. The summed E-state index contributed by atoms with van der Waals surface area (Å²) in [5, 5.41) is 5.18. The van der Waals surface area contributed by atoms with E-state index in [1.54, 1.807) is 36.4 Å². The van der Waals surface area contributed by atoms with Crippen LogP contribution < -0.4 is 10.9 Å². The van der Waals surface area contributed by atoms with Gasteiger partial charge in [0.15, 0.2) is 0 Å². The highest BCUT2D eigenvalue weighted by molar-refractivity contribution is 7.92. The van der Waals surface area contributed by atoms with Gasteiger partial charge in [0.1, 0.15) is 5.65 Å². The van der Waals surface area contributed by atoms with Gasteiger partial charge in [0, 0.05) is 90.6 Å². The molecule has 0 spiro atoms. The quantitative estimate of drug-likeness (QED) is 0.163. The normalized spacial score (nSPS) is 13.3. The molecule has 12 rings (SSSR count). The molecule has 2 aliphatic rings. The highest BCUT2D eigenvalue weighted by Gasteiger charge is 2.33. The maximum Gasteiger partial charge on any atom is 0.207 e. The first-order valence-electron chi connectivity index (χ1n) is 20.6. The average Bonchev–Trinajstić information content (AvgIpc) is 3.94. The zero-order valence-corrected chi connectivity index (χ0v) is 37.3. The van der Waals surface area contributed by atoms with Gasteiger partial charge in [0.05, 0.1) is 39.4 Å². The Morgan fingerprint density at radius 2 is 0.797 bits per heavy atom. The number of hydrogen-bond donors (Lipinski definition) is 0. The zero-order chi connectivity index (χ0) is 44.9. The molecule has 7 nitrogen and oxygen atoms in total. The molecule has 13 heteroatoms. The summed E-state index contributed by atoms with van der Waals surface area (Å²) in [5.74, 6) is 0. The van der Waals surface area contributed by atoms with Gasteiger partial charge in [-0.25, -0.2) is 21.8 Å². The fourth-order valence-corrected chi connectivity index (χ4v) is 12.0. The highest BCUT2D eigenvalue weighted by atomic mass is 32.2.